The number of amides is 1. The summed E-state index contributed by atoms with van der Waals surface area (Å²) in [5.74, 6) is -1.28. The fraction of sp³-hybridized carbons (Fsp3) is 0.179. The number of hydrogen-bond acceptors (Lipinski definition) is 5. The average Bonchev–Trinajstić information content (AvgIpc) is 2.88. The lowest BCUT2D eigenvalue weighted by atomic mass is 10.0. The normalized spacial score (nSPS) is 10.9. The van der Waals surface area contributed by atoms with Gasteiger partial charge in [0.1, 0.15) is 17.5 Å². The molecule has 3 rings (SSSR count). The van der Waals surface area contributed by atoms with Crippen molar-refractivity contribution in [1.82, 2.24) is 0 Å². The van der Waals surface area contributed by atoms with Gasteiger partial charge in [-0.05, 0) is 72.0 Å². The van der Waals surface area contributed by atoms with Crippen molar-refractivity contribution in [3.8, 4) is 17.6 Å². The number of halogens is 1. The maximum atomic E-state index is 13.1. The van der Waals surface area contributed by atoms with Crippen LogP contribution in [0, 0.1) is 17.1 Å². The Hall–Kier alpha value is -4.44. The minimum atomic E-state index is -0.676. The number of methoxy groups -OCH3 is 1. The molecule has 1 N–H and O–H groups in total. The van der Waals surface area contributed by atoms with Gasteiger partial charge in [-0.25, -0.2) is 9.18 Å². The molecule has 0 saturated carbocycles. The van der Waals surface area contributed by atoms with Crippen LogP contribution in [0.15, 0.2) is 66.2 Å². The maximum absolute atomic E-state index is 13.1. The summed E-state index contributed by atoms with van der Waals surface area (Å²) in [4.78, 5) is 25.3. The SMILES string of the molecule is CCc1cccc(CC)c1NC(=O)/C(C#N)=C/c1ccc(OC(=O)c2ccc(F)cc2)c(OC)c1. The highest BCUT2D eigenvalue weighted by atomic mass is 19.1. The van der Waals surface area contributed by atoms with E-state index in [2.05, 4.69) is 5.32 Å². The van der Waals surface area contributed by atoms with E-state index in [1.165, 1.54) is 43.5 Å². The third kappa shape index (κ3) is 6.12. The standard InChI is InChI=1S/C28H25FN2O4/c1-4-19-7-6-8-20(5-2)26(19)31-27(32)22(17-30)15-18-9-14-24(25(16-18)34-3)35-28(33)21-10-12-23(29)13-11-21/h6-16H,4-5H2,1-3H3,(H,31,32)/b22-15+. The second kappa shape index (κ2) is 11.6. The summed E-state index contributed by atoms with van der Waals surface area (Å²) < 4.78 is 23.8. The number of rotatable bonds is 8. The number of anilines is 1. The smallest absolute Gasteiger partial charge is 0.343 e. The number of carbonyl (C=O) groups is 2. The van der Waals surface area contributed by atoms with Crippen molar-refractivity contribution >= 4 is 23.6 Å². The number of nitrogens with zero attached hydrogens (tertiary/aromatic N) is 1. The first-order valence-corrected chi connectivity index (χ1v) is 11.1. The van der Waals surface area contributed by atoms with Crippen LogP contribution in [0.1, 0.15) is 40.9 Å². The van der Waals surface area contributed by atoms with Gasteiger partial charge in [-0.3, -0.25) is 4.79 Å². The summed E-state index contributed by atoms with van der Waals surface area (Å²) in [6.07, 6.45) is 2.92. The number of aryl methyl sites for hydroxylation is 2. The minimum Gasteiger partial charge on any atom is -0.493 e. The predicted molar refractivity (Wildman–Crippen MR) is 132 cm³/mol. The van der Waals surface area contributed by atoms with Crippen LogP contribution in [0.25, 0.3) is 6.08 Å². The van der Waals surface area contributed by atoms with E-state index in [1.807, 2.05) is 38.1 Å². The molecule has 0 saturated heterocycles. The van der Waals surface area contributed by atoms with E-state index in [0.717, 1.165) is 29.7 Å². The topological polar surface area (TPSA) is 88.4 Å². The molecule has 7 heteroatoms. The van der Waals surface area contributed by atoms with Crippen LogP contribution in [0.5, 0.6) is 11.5 Å². The van der Waals surface area contributed by atoms with Crippen LogP contribution >= 0.6 is 0 Å². The first kappa shape index (κ1) is 25.2. The third-order valence-electron chi connectivity index (χ3n) is 5.38. The number of carbonyl (C=O) groups excluding carboxylic acids is 2. The van der Waals surface area contributed by atoms with Crippen molar-refractivity contribution in [2.75, 3.05) is 12.4 Å². The molecule has 0 heterocycles. The molecule has 0 aliphatic carbocycles. The van der Waals surface area contributed by atoms with Gasteiger partial charge >= 0.3 is 5.97 Å². The van der Waals surface area contributed by atoms with E-state index in [0.29, 0.717) is 5.56 Å². The van der Waals surface area contributed by atoms with Crippen LogP contribution in [0.3, 0.4) is 0 Å². The molecule has 0 aliphatic rings. The van der Waals surface area contributed by atoms with Gasteiger partial charge in [0.25, 0.3) is 5.91 Å². The summed E-state index contributed by atoms with van der Waals surface area (Å²) in [6, 6.07) is 17.4. The van der Waals surface area contributed by atoms with E-state index in [4.69, 9.17) is 9.47 Å². The van der Waals surface area contributed by atoms with Gasteiger partial charge < -0.3 is 14.8 Å². The van der Waals surface area contributed by atoms with Gasteiger partial charge in [0.05, 0.1) is 12.7 Å². The number of nitriles is 1. The Balaban J connectivity index is 1.84. The van der Waals surface area contributed by atoms with Crippen LogP contribution in [-0.4, -0.2) is 19.0 Å². The second-order valence-corrected chi connectivity index (χ2v) is 7.59. The third-order valence-corrected chi connectivity index (χ3v) is 5.38. The number of benzene rings is 3. The molecule has 0 bridgehead atoms. The Kier molecular flexibility index (Phi) is 8.36. The van der Waals surface area contributed by atoms with Gasteiger partial charge in [-0.15, -0.1) is 0 Å². The Morgan fingerprint density at radius 2 is 1.66 bits per heavy atom. The van der Waals surface area contributed by atoms with Crippen molar-refractivity contribution < 1.29 is 23.5 Å². The summed E-state index contributed by atoms with van der Waals surface area (Å²) >= 11 is 0. The van der Waals surface area contributed by atoms with Gasteiger partial charge in [0.2, 0.25) is 0 Å². The Morgan fingerprint density at radius 3 is 2.23 bits per heavy atom. The zero-order valence-corrected chi connectivity index (χ0v) is 19.7. The molecule has 35 heavy (non-hydrogen) atoms. The first-order chi connectivity index (χ1) is 16.9. The van der Waals surface area contributed by atoms with E-state index >= 15 is 0 Å². The van der Waals surface area contributed by atoms with E-state index < -0.39 is 17.7 Å². The summed E-state index contributed by atoms with van der Waals surface area (Å²) in [6.45, 7) is 4.00. The van der Waals surface area contributed by atoms with Gasteiger partial charge in [0, 0.05) is 5.69 Å². The van der Waals surface area contributed by atoms with Crippen LogP contribution < -0.4 is 14.8 Å². The predicted octanol–water partition coefficient (Wildman–Crippen LogP) is 5.72. The largest absolute Gasteiger partial charge is 0.493 e. The van der Waals surface area contributed by atoms with Crippen LogP contribution in [0.2, 0.25) is 0 Å². The van der Waals surface area contributed by atoms with Crippen molar-refractivity contribution in [2.24, 2.45) is 0 Å². The number of ether oxygens (including phenoxy) is 2. The Bertz CT molecular complexity index is 1290. The lowest BCUT2D eigenvalue weighted by molar-refractivity contribution is -0.112. The number of hydrogen-bond donors (Lipinski definition) is 1. The van der Waals surface area contributed by atoms with Gasteiger partial charge in [0.15, 0.2) is 11.5 Å². The lowest BCUT2D eigenvalue weighted by Gasteiger charge is -2.14. The fourth-order valence-corrected chi connectivity index (χ4v) is 3.50. The van der Waals surface area contributed by atoms with Gasteiger partial charge in [-0.1, -0.05) is 38.1 Å². The zero-order valence-electron chi connectivity index (χ0n) is 19.7. The fourth-order valence-electron chi connectivity index (χ4n) is 3.50. The summed E-state index contributed by atoms with van der Waals surface area (Å²) in [7, 11) is 1.41. The zero-order chi connectivity index (χ0) is 25.4. The maximum Gasteiger partial charge on any atom is 0.343 e. The quantitative estimate of drug-likeness (QED) is 0.196. The molecule has 3 aromatic rings. The first-order valence-electron chi connectivity index (χ1n) is 11.1. The molecular formula is C28H25FN2O4. The average molecular weight is 473 g/mol. The van der Waals surface area contributed by atoms with Crippen molar-refractivity contribution in [3.63, 3.8) is 0 Å². The van der Waals surface area contributed by atoms with Gasteiger partial charge in [-0.2, -0.15) is 5.26 Å². The number of nitrogens with one attached hydrogen (secondary N) is 1. The minimum absolute atomic E-state index is 0.0870. The molecule has 0 spiro atoms. The van der Waals surface area contributed by atoms with E-state index in [-0.39, 0.29) is 22.6 Å². The molecule has 0 aromatic heterocycles. The number of para-hydroxylation sites is 1. The molecule has 6 nitrogen and oxygen atoms in total. The molecule has 1 amide bonds. The Morgan fingerprint density at radius 1 is 1.00 bits per heavy atom. The number of esters is 1. The lowest BCUT2D eigenvalue weighted by Crippen LogP contribution is -2.16. The molecule has 0 fully saturated rings. The highest BCUT2D eigenvalue weighted by molar-refractivity contribution is 6.10. The molecule has 0 radical (unpaired) electrons. The second-order valence-electron chi connectivity index (χ2n) is 7.59. The van der Waals surface area contributed by atoms with Crippen molar-refractivity contribution in [1.29, 1.82) is 5.26 Å². The molecule has 178 valence electrons. The van der Waals surface area contributed by atoms with Crippen LogP contribution in [0.4, 0.5) is 10.1 Å². The van der Waals surface area contributed by atoms with Crippen molar-refractivity contribution in [2.45, 2.75) is 26.7 Å². The molecule has 3 aromatic carbocycles. The van der Waals surface area contributed by atoms with E-state index in [1.54, 1.807) is 12.1 Å². The van der Waals surface area contributed by atoms with Crippen LogP contribution in [-0.2, 0) is 17.6 Å². The van der Waals surface area contributed by atoms with Crippen molar-refractivity contribution in [3.05, 3.63) is 94.3 Å². The molecule has 0 atom stereocenters. The molecule has 0 unspecified atom stereocenters. The summed E-state index contributed by atoms with van der Waals surface area (Å²) in [5.41, 5.74) is 3.31. The molecular weight excluding hydrogens is 447 g/mol. The highest BCUT2D eigenvalue weighted by Gasteiger charge is 2.16. The summed E-state index contributed by atoms with van der Waals surface area (Å²) in [5, 5.41) is 12.5. The highest BCUT2D eigenvalue weighted by Crippen LogP contribution is 2.30. The van der Waals surface area contributed by atoms with E-state index in [9.17, 15) is 19.2 Å². The molecule has 0 aliphatic heterocycles. The Labute approximate surface area is 203 Å². The monoisotopic (exact) mass is 472 g/mol.